The number of aryl methyl sites for hydroxylation is 1. The number of carbonyl (C=O) groups is 1. The van der Waals surface area contributed by atoms with E-state index in [1.165, 1.54) is 25.8 Å². The van der Waals surface area contributed by atoms with Crippen LogP contribution < -0.4 is 14.8 Å². The zero-order valence-corrected chi connectivity index (χ0v) is 21.6. The number of nitrogens with one attached hydrogen (secondary N) is 1. The Balaban J connectivity index is 1.18. The Labute approximate surface area is 218 Å². The molecule has 1 aromatic carbocycles. The molecule has 4 aliphatic carbocycles. The van der Waals surface area contributed by atoms with Crippen molar-refractivity contribution in [2.75, 3.05) is 19.0 Å². The Morgan fingerprint density at radius 3 is 2.76 bits per heavy atom. The number of nitrogens with zero attached hydrogens (tertiary/aromatic N) is 3. The third-order valence-corrected chi connectivity index (χ3v) is 8.78. The number of halogens is 1. The summed E-state index contributed by atoms with van der Waals surface area (Å²) in [6, 6.07) is 6.18. The summed E-state index contributed by atoms with van der Waals surface area (Å²) in [5, 5.41) is 22.6. The maximum absolute atomic E-state index is 14.8. The number of aromatic nitrogens is 3. The SMILES string of the molecule is COc1cccc(F)c1-c1cc(C)ncc1C(=O)Nc1nnc(OCC23CC4CC(CC(O)(C4)C2)C3)s1. The molecule has 7 rings (SSSR count). The third kappa shape index (κ3) is 4.57. The lowest BCUT2D eigenvalue weighted by Crippen LogP contribution is -2.57. The van der Waals surface area contributed by atoms with Gasteiger partial charge in [0.05, 0.1) is 30.4 Å². The van der Waals surface area contributed by atoms with Gasteiger partial charge in [0.15, 0.2) is 0 Å². The van der Waals surface area contributed by atoms with E-state index in [9.17, 15) is 14.3 Å². The number of benzene rings is 1. The fourth-order valence-electron chi connectivity index (χ4n) is 7.15. The van der Waals surface area contributed by atoms with Crippen molar-refractivity contribution in [2.45, 2.75) is 51.0 Å². The highest BCUT2D eigenvalue weighted by Gasteiger charge is 2.57. The zero-order chi connectivity index (χ0) is 25.8. The minimum Gasteiger partial charge on any atom is -0.496 e. The molecule has 8 nitrogen and oxygen atoms in total. The van der Waals surface area contributed by atoms with Crippen LogP contribution in [0.15, 0.2) is 30.5 Å². The molecule has 2 unspecified atom stereocenters. The minimum atomic E-state index is -0.547. The molecule has 1 amide bonds. The molecular weight excluding hydrogens is 495 g/mol. The molecule has 4 aliphatic rings. The second-order valence-corrected chi connectivity index (χ2v) is 11.9. The topological polar surface area (TPSA) is 106 Å². The van der Waals surface area contributed by atoms with Gasteiger partial charge < -0.3 is 14.6 Å². The van der Waals surface area contributed by atoms with Crippen LogP contribution in [-0.2, 0) is 0 Å². The normalized spacial score (nSPS) is 27.8. The van der Waals surface area contributed by atoms with Crippen LogP contribution in [0.5, 0.6) is 10.9 Å². The van der Waals surface area contributed by atoms with Crippen LogP contribution in [0.2, 0.25) is 0 Å². The second-order valence-electron chi connectivity index (χ2n) is 11.0. The Morgan fingerprint density at radius 2 is 2.03 bits per heavy atom. The first kappa shape index (κ1) is 24.2. The quantitative estimate of drug-likeness (QED) is 0.447. The summed E-state index contributed by atoms with van der Waals surface area (Å²) in [5.74, 6) is 0.480. The number of aliphatic hydroxyl groups is 1. The van der Waals surface area contributed by atoms with E-state index in [2.05, 4.69) is 20.5 Å². The van der Waals surface area contributed by atoms with Gasteiger partial charge in [-0.25, -0.2) is 4.39 Å². The standard InChI is InChI=1S/C27H29FN4O4S/c1-15-6-18(22-20(28)4-3-5-21(22)35-2)19(12-29-15)23(33)30-24-31-32-25(37-24)36-14-26-8-16-7-17(9-26)11-27(34,10-16)13-26/h3-6,12,16-17,34H,7-11,13-14H2,1-2H3,(H,30,31,33). The predicted octanol–water partition coefficient (Wildman–Crippen LogP) is 5.02. The van der Waals surface area contributed by atoms with Crippen molar-refractivity contribution in [3.63, 3.8) is 0 Å². The van der Waals surface area contributed by atoms with Crippen molar-refractivity contribution < 1.29 is 23.8 Å². The van der Waals surface area contributed by atoms with Gasteiger partial charge in [-0.05, 0) is 86.8 Å². The fourth-order valence-corrected chi connectivity index (χ4v) is 7.74. The van der Waals surface area contributed by atoms with Gasteiger partial charge in [-0.3, -0.25) is 15.1 Å². The molecule has 2 aromatic heterocycles. The maximum atomic E-state index is 14.8. The number of hydrogen-bond acceptors (Lipinski definition) is 8. The van der Waals surface area contributed by atoms with Crippen molar-refractivity contribution in [1.29, 1.82) is 0 Å². The van der Waals surface area contributed by atoms with E-state index in [-0.39, 0.29) is 21.7 Å². The molecular formula is C27H29FN4O4S. The number of amides is 1. The lowest BCUT2D eigenvalue weighted by atomic mass is 9.48. The molecule has 10 heteroatoms. The smallest absolute Gasteiger partial charge is 0.295 e. The largest absolute Gasteiger partial charge is 0.496 e. The van der Waals surface area contributed by atoms with Gasteiger partial charge in [0.1, 0.15) is 11.6 Å². The van der Waals surface area contributed by atoms with Crippen LogP contribution in [0.1, 0.15) is 54.6 Å². The van der Waals surface area contributed by atoms with E-state index in [4.69, 9.17) is 9.47 Å². The lowest BCUT2D eigenvalue weighted by Gasteiger charge is -2.59. The first-order valence-electron chi connectivity index (χ1n) is 12.5. The second kappa shape index (κ2) is 9.02. The molecule has 37 heavy (non-hydrogen) atoms. The molecule has 2 N–H and O–H groups in total. The summed E-state index contributed by atoms with van der Waals surface area (Å²) in [7, 11) is 1.46. The van der Waals surface area contributed by atoms with Gasteiger partial charge in [0, 0.05) is 22.9 Å². The number of rotatable bonds is 7. The molecule has 2 heterocycles. The summed E-state index contributed by atoms with van der Waals surface area (Å²) in [6.07, 6.45) is 7.39. The van der Waals surface area contributed by atoms with Crippen LogP contribution in [-0.4, -0.2) is 45.5 Å². The molecule has 4 saturated carbocycles. The highest BCUT2D eigenvalue weighted by Crippen LogP contribution is 2.61. The summed E-state index contributed by atoms with van der Waals surface area (Å²) in [4.78, 5) is 17.5. The number of anilines is 1. The monoisotopic (exact) mass is 524 g/mol. The van der Waals surface area contributed by atoms with E-state index in [1.807, 2.05) is 0 Å². The summed E-state index contributed by atoms with van der Waals surface area (Å²) in [5.41, 5.74) is 0.829. The summed E-state index contributed by atoms with van der Waals surface area (Å²) >= 11 is 1.14. The van der Waals surface area contributed by atoms with Gasteiger partial charge in [0.2, 0.25) is 5.13 Å². The Kier molecular flexibility index (Phi) is 5.91. The van der Waals surface area contributed by atoms with Crippen LogP contribution in [0.3, 0.4) is 0 Å². The molecule has 2 atom stereocenters. The van der Waals surface area contributed by atoms with E-state index < -0.39 is 17.3 Å². The maximum Gasteiger partial charge on any atom is 0.295 e. The summed E-state index contributed by atoms with van der Waals surface area (Å²) in [6.45, 7) is 2.26. The molecule has 4 bridgehead atoms. The third-order valence-electron chi connectivity index (χ3n) is 8.03. The Morgan fingerprint density at radius 1 is 1.24 bits per heavy atom. The average molecular weight is 525 g/mol. The Hall–Kier alpha value is -3.11. The Bertz CT molecular complexity index is 1350. The predicted molar refractivity (Wildman–Crippen MR) is 136 cm³/mol. The molecule has 0 radical (unpaired) electrons. The highest BCUT2D eigenvalue weighted by molar-refractivity contribution is 7.17. The molecule has 0 spiro atoms. The van der Waals surface area contributed by atoms with Crippen molar-refractivity contribution >= 4 is 22.4 Å². The zero-order valence-electron chi connectivity index (χ0n) is 20.8. The van der Waals surface area contributed by atoms with Gasteiger partial charge in [0.25, 0.3) is 11.1 Å². The van der Waals surface area contributed by atoms with Crippen molar-refractivity contribution in [2.24, 2.45) is 17.3 Å². The number of ether oxygens (including phenoxy) is 2. The van der Waals surface area contributed by atoms with Crippen LogP contribution in [0.25, 0.3) is 11.1 Å². The molecule has 0 saturated heterocycles. The first-order chi connectivity index (χ1) is 17.7. The van der Waals surface area contributed by atoms with Crippen LogP contribution >= 0.6 is 11.3 Å². The summed E-state index contributed by atoms with van der Waals surface area (Å²) < 4.78 is 26.2. The average Bonchev–Trinajstić information content (AvgIpc) is 3.28. The van der Waals surface area contributed by atoms with E-state index in [0.29, 0.717) is 40.6 Å². The van der Waals surface area contributed by atoms with Gasteiger partial charge in [-0.15, -0.1) is 5.10 Å². The molecule has 4 fully saturated rings. The van der Waals surface area contributed by atoms with Gasteiger partial charge in [-0.1, -0.05) is 11.2 Å². The lowest BCUT2D eigenvalue weighted by molar-refractivity contribution is -0.172. The van der Waals surface area contributed by atoms with E-state index in [1.54, 1.807) is 25.1 Å². The number of carbonyl (C=O) groups excluding carboxylic acids is 1. The highest BCUT2D eigenvalue weighted by atomic mass is 32.1. The first-order valence-corrected chi connectivity index (χ1v) is 13.4. The van der Waals surface area contributed by atoms with E-state index >= 15 is 0 Å². The molecule has 194 valence electrons. The number of methoxy groups -OCH3 is 1. The van der Waals surface area contributed by atoms with E-state index in [0.717, 1.165) is 43.4 Å². The van der Waals surface area contributed by atoms with Crippen LogP contribution in [0.4, 0.5) is 9.52 Å². The van der Waals surface area contributed by atoms with Crippen molar-refractivity contribution in [1.82, 2.24) is 15.2 Å². The van der Waals surface area contributed by atoms with Crippen LogP contribution in [0, 0.1) is 30.0 Å². The van der Waals surface area contributed by atoms with Gasteiger partial charge >= 0.3 is 0 Å². The molecule has 3 aromatic rings. The van der Waals surface area contributed by atoms with Crippen molar-refractivity contribution in [3.8, 4) is 22.1 Å². The fraction of sp³-hybridized carbons (Fsp3) is 0.481. The number of pyridine rings is 1. The number of hydrogen-bond donors (Lipinski definition) is 2. The van der Waals surface area contributed by atoms with Gasteiger partial charge in [-0.2, -0.15) is 0 Å². The van der Waals surface area contributed by atoms with Crippen molar-refractivity contribution in [3.05, 3.63) is 47.5 Å². The molecule has 0 aliphatic heterocycles. The minimum absolute atomic E-state index is 0.0187.